The van der Waals surface area contributed by atoms with Crippen molar-refractivity contribution in [3.05, 3.63) is 83.3 Å². The molecule has 1 N–H and O–H groups in total. The quantitative estimate of drug-likeness (QED) is 0.486. The molecule has 0 saturated carbocycles. The molecular formula is C27H30N6O. The number of urea groups is 1. The van der Waals surface area contributed by atoms with Crippen molar-refractivity contribution in [2.45, 2.75) is 27.3 Å². The predicted octanol–water partition coefficient (Wildman–Crippen LogP) is 4.70. The Balaban J connectivity index is 1.29. The maximum absolute atomic E-state index is 12.9. The van der Waals surface area contributed by atoms with Crippen molar-refractivity contribution in [2.75, 3.05) is 31.5 Å². The molecule has 0 spiro atoms. The van der Waals surface area contributed by atoms with Crippen LogP contribution >= 0.6 is 0 Å². The monoisotopic (exact) mass is 454 g/mol. The van der Waals surface area contributed by atoms with Gasteiger partial charge in [-0.3, -0.25) is 9.47 Å². The number of rotatable bonds is 4. The lowest BCUT2D eigenvalue weighted by atomic mass is 10.1. The number of piperazine rings is 1. The third kappa shape index (κ3) is 4.52. The van der Waals surface area contributed by atoms with E-state index in [9.17, 15) is 4.79 Å². The number of aromatic nitrogens is 3. The fourth-order valence-corrected chi connectivity index (χ4v) is 4.40. The summed E-state index contributed by atoms with van der Waals surface area (Å²) in [6, 6.07) is 18.5. The summed E-state index contributed by atoms with van der Waals surface area (Å²) in [5.74, 6) is 0.964. The van der Waals surface area contributed by atoms with E-state index in [0.29, 0.717) is 19.6 Å². The molecule has 5 rings (SSSR count). The molecule has 2 aromatic heterocycles. The molecule has 1 aliphatic rings. The third-order valence-electron chi connectivity index (χ3n) is 6.44. The Bertz CT molecular complexity index is 1320. The number of amides is 2. The second-order valence-corrected chi connectivity index (χ2v) is 9.06. The molecule has 7 nitrogen and oxygen atoms in total. The number of carbonyl (C=O) groups excluding carboxylic acids is 1. The third-order valence-corrected chi connectivity index (χ3v) is 6.44. The number of pyridine rings is 1. The van der Waals surface area contributed by atoms with E-state index in [1.807, 2.05) is 49.2 Å². The molecule has 0 radical (unpaired) electrons. The molecule has 1 saturated heterocycles. The van der Waals surface area contributed by atoms with Gasteiger partial charge in [0.05, 0.1) is 6.54 Å². The zero-order valence-electron chi connectivity index (χ0n) is 20.0. The predicted molar refractivity (Wildman–Crippen MR) is 135 cm³/mol. The van der Waals surface area contributed by atoms with Crippen LogP contribution in [0.3, 0.4) is 0 Å². The van der Waals surface area contributed by atoms with Gasteiger partial charge in [-0.1, -0.05) is 29.8 Å². The number of nitrogens with one attached hydrogen (secondary N) is 1. The van der Waals surface area contributed by atoms with Gasteiger partial charge < -0.3 is 10.2 Å². The molecule has 2 aromatic carbocycles. The molecule has 4 aromatic rings. The number of benzene rings is 2. The van der Waals surface area contributed by atoms with E-state index in [2.05, 4.69) is 57.0 Å². The molecule has 7 heteroatoms. The van der Waals surface area contributed by atoms with Gasteiger partial charge in [-0.25, -0.2) is 14.8 Å². The van der Waals surface area contributed by atoms with Gasteiger partial charge >= 0.3 is 6.03 Å². The molecule has 3 heterocycles. The fraction of sp³-hybridized carbons (Fsp3) is 0.296. The summed E-state index contributed by atoms with van der Waals surface area (Å²) in [4.78, 5) is 26.6. The second-order valence-electron chi connectivity index (χ2n) is 9.06. The van der Waals surface area contributed by atoms with Crippen molar-refractivity contribution in [3.8, 4) is 5.69 Å². The van der Waals surface area contributed by atoms with E-state index < -0.39 is 0 Å². The highest BCUT2D eigenvalue weighted by Gasteiger charge is 2.24. The first-order valence-corrected chi connectivity index (χ1v) is 11.7. The Labute approximate surface area is 200 Å². The number of hydrogen-bond acceptors (Lipinski definition) is 4. The molecule has 34 heavy (non-hydrogen) atoms. The summed E-state index contributed by atoms with van der Waals surface area (Å²) in [6.07, 6.45) is 1.81. The minimum absolute atomic E-state index is 0.0376. The van der Waals surface area contributed by atoms with Gasteiger partial charge in [0.1, 0.15) is 11.3 Å². The lowest BCUT2D eigenvalue weighted by Crippen LogP contribution is -2.49. The summed E-state index contributed by atoms with van der Waals surface area (Å²) in [6.45, 7) is 9.80. The molecular weight excluding hydrogens is 424 g/mol. The average molecular weight is 455 g/mol. The standard InChI is InChI=1S/C27H30N6O/c1-19-7-10-22(11-8-19)33-25(29-23-5-4-12-28-26(23)33)18-31-13-15-32(16-14-31)27(34)30-24-17-20(2)6-9-21(24)3/h4-12,17H,13-16,18H2,1-3H3,(H,30,34). The van der Waals surface area contributed by atoms with E-state index in [-0.39, 0.29) is 6.03 Å². The maximum atomic E-state index is 12.9. The molecule has 0 atom stereocenters. The minimum atomic E-state index is -0.0376. The van der Waals surface area contributed by atoms with Gasteiger partial charge in [0.15, 0.2) is 5.65 Å². The van der Waals surface area contributed by atoms with Crippen molar-refractivity contribution in [1.82, 2.24) is 24.3 Å². The number of nitrogens with zero attached hydrogens (tertiary/aromatic N) is 5. The Morgan fingerprint density at radius 1 is 0.941 bits per heavy atom. The highest BCUT2D eigenvalue weighted by molar-refractivity contribution is 5.90. The Hall–Kier alpha value is -3.71. The average Bonchev–Trinajstić information content (AvgIpc) is 3.20. The first kappa shape index (κ1) is 22.1. The number of imidazole rings is 1. The molecule has 0 aliphatic carbocycles. The van der Waals surface area contributed by atoms with Crippen LogP contribution in [0, 0.1) is 20.8 Å². The van der Waals surface area contributed by atoms with E-state index in [0.717, 1.165) is 52.6 Å². The van der Waals surface area contributed by atoms with Crippen molar-refractivity contribution in [1.29, 1.82) is 0 Å². The number of carbonyl (C=O) groups is 1. The van der Waals surface area contributed by atoms with E-state index >= 15 is 0 Å². The summed E-state index contributed by atoms with van der Waals surface area (Å²) < 4.78 is 2.15. The van der Waals surface area contributed by atoms with Crippen molar-refractivity contribution >= 4 is 22.9 Å². The van der Waals surface area contributed by atoms with Gasteiger partial charge in [-0.05, 0) is 62.2 Å². The van der Waals surface area contributed by atoms with Crippen molar-refractivity contribution in [2.24, 2.45) is 0 Å². The van der Waals surface area contributed by atoms with Crippen LogP contribution in [0.15, 0.2) is 60.8 Å². The summed E-state index contributed by atoms with van der Waals surface area (Å²) in [5.41, 5.74) is 7.13. The summed E-state index contributed by atoms with van der Waals surface area (Å²) in [7, 11) is 0. The molecule has 1 fully saturated rings. The lowest BCUT2D eigenvalue weighted by molar-refractivity contribution is 0.140. The van der Waals surface area contributed by atoms with Crippen LogP contribution in [0.2, 0.25) is 0 Å². The van der Waals surface area contributed by atoms with Crippen LogP contribution < -0.4 is 5.32 Å². The van der Waals surface area contributed by atoms with Gasteiger partial charge in [-0.2, -0.15) is 0 Å². The lowest BCUT2D eigenvalue weighted by Gasteiger charge is -2.34. The number of aryl methyl sites for hydroxylation is 3. The van der Waals surface area contributed by atoms with Crippen LogP contribution in [0.4, 0.5) is 10.5 Å². The Morgan fingerprint density at radius 2 is 1.68 bits per heavy atom. The smallest absolute Gasteiger partial charge is 0.321 e. The van der Waals surface area contributed by atoms with E-state index in [1.165, 1.54) is 5.56 Å². The summed E-state index contributed by atoms with van der Waals surface area (Å²) >= 11 is 0. The Kier molecular flexibility index (Phi) is 6.02. The van der Waals surface area contributed by atoms with Crippen LogP contribution in [0.25, 0.3) is 16.9 Å². The second kappa shape index (κ2) is 9.27. The van der Waals surface area contributed by atoms with Crippen LogP contribution in [-0.4, -0.2) is 56.5 Å². The van der Waals surface area contributed by atoms with Crippen molar-refractivity contribution in [3.63, 3.8) is 0 Å². The van der Waals surface area contributed by atoms with Crippen LogP contribution in [-0.2, 0) is 6.54 Å². The number of anilines is 1. The maximum Gasteiger partial charge on any atom is 0.321 e. The van der Waals surface area contributed by atoms with E-state index in [1.54, 1.807) is 0 Å². The highest BCUT2D eigenvalue weighted by atomic mass is 16.2. The van der Waals surface area contributed by atoms with Crippen LogP contribution in [0.5, 0.6) is 0 Å². The Morgan fingerprint density at radius 3 is 2.44 bits per heavy atom. The van der Waals surface area contributed by atoms with E-state index in [4.69, 9.17) is 4.98 Å². The van der Waals surface area contributed by atoms with Crippen LogP contribution in [0.1, 0.15) is 22.5 Å². The van der Waals surface area contributed by atoms with Gasteiger partial charge in [0.2, 0.25) is 0 Å². The molecule has 0 unspecified atom stereocenters. The largest absolute Gasteiger partial charge is 0.322 e. The highest BCUT2D eigenvalue weighted by Crippen LogP contribution is 2.22. The zero-order chi connectivity index (χ0) is 23.7. The van der Waals surface area contributed by atoms with Gasteiger partial charge in [0.25, 0.3) is 0 Å². The SMILES string of the molecule is Cc1ccc(-n2c(CN3CCN(C(=O)Nc4cc(C)ccc4C)CC3)nc3cccnc32)cc1. The van der Waals surface area contributed by atoms with Gasteiger partial charge in [-0.15, -0.1) is 0 Å². The summed E-state index contributed by atoms with van der Waals surface area (Å²) in [5, 5.41) is 3.08. The number of fused-ring (bicyclic) bond motifs is 1. The minimum Gasteiger partial charge on any atom is -0.322 e. The van der Waals surface area contributed by atoms with Crippen molar-refractivity contribution < 1.29 is 4.79 Å². The molecule has 174 valence electrons. The first-order chi connectivity index (χ1) is 16.5. The fourth-order valence-electron chi connectivity index (χ4n) is 4.40. The van der Waals surface area contributed by atoms with Gasteiger partial charge in [0, 0.05) is 43.8 Å². The molecule has 0 bridgehead atoms. The molecule has 2 amide bonds. The first-order valence-electron chi connectivity index (χ1n) is 11.7. The number of hydrogen-bond donors (Lipinski definition) is 1. The normalized spacial score (nSPS) is 14.5. The topological polar surface area (TPSA) is 66.3 Å². The molecule has 1 aliphatic heterocycles. The zero-order valence-corrected chi connectivity index (χ0v) is 20.0.